The van der Waals surface area contributed by atoms with Crippen molar-refractivity contribution in [2.45, 2.75) is 49.8 Å². The number of hydrogen-bond acceptors (Lipinski definition) is 6. The van der Waals surface area contributed by atoms with E-state index in [2.05, 4.69) is 4.90 Å². The first-order valence-electron chi connectivity index (χ1n) is 10.1. The van der Waals surface area contributed by atoms with Crippen molar-refractivity contribution < 1.29 is 36.9 Å². The molecular weight excluding hydrogens is 408 g/mol. The molecule has 3 atom stereocenters. The van der Waals surface area contributed by atoms with Gasteiger partial charge in [0.25, 0.3) is 0 Å². The highest BCUT2D eigenvalue weighted by molar-refractivity contribution is 5.16. The van der Waals surface area contributed by atoms with Crippen LogP contribution in [-0.2, 0) is 20.8 Å². The van der Waals surface area contributed by atoms with E-state index in [1.54, 1.807) is 12.1 Å². The topological polar surface area (TPSA) is 57.7 Å². The fourth-order valence-corrected chi connectivity index (χ4v) is 4.23. The number of ether oxygens (including phenoxy) is 3. The van der Waals surface area contributed by atoms with Crippen LogP contribution >= 0.6 is 0 Å². The van der Waals surface area contributed by atoms with Crippen LogP contribution in [-0.4, -0.2) is 84.7 Å². The van der Waals surface area contributed by atoms with Crippen LogP contribution in [0.1, 0.15) is 18.4 Å². The molecule has 6 nitrogen and oxygen atoms in total. The van der Waals surface area contributed by atoms with Crippen molar-refractivity contribution in [2.75, 3.05) is 39.4 Å². The van der Waals surface area contributed by atoms with Gasteiger partial charge in [-0.05, 0) is 30.5 Å². The molecule has 0 bridgehead atoms. The first kappa shape index (κ1) is 21.9. The summed E-state index contributed by atoms with van der Waals surface area (Å²) in [5.74, 6) is -0.255. The Morgan fingerprint density at radius 3 is 2.50 bits per heavy atom. The quantitative estimate of drug-likeness (QED) is 0.547. The molecule has 0 aliphatic carbocycles. The number of aliphatic hydroxyl groups excluding tert-OH is 1. The lowest BCUT2D eigenvalue weighted by Gasteiger charge is -2.47. The zero-order valence-corrected chi connectivity index (χ0v) is 16.5. The van der Waals surface area contributed by atoms with E-state index in [4.69, 9.17) is 19.3 Å². The molecule has 30 heavy (non-hydrogen) atoms. The van der Waals surface area contributed by atoms with Crippen LogP contribution in [0.15, 0.2) is 24.3 Å². The summed E-state index contributed by atoms with van der Waals surface area (Å²) in [5, 5.41) is 8.89. The van der Waals surface area contributed by atoms with Gasteiger partial charge in [-0.1, -0.05) is 12.1 Å². The number of halogens is 4. The number of hydrogen-bond donors (Lipinski definition) is 1. The predicted octanol–water partition coefficient (Wildman–Crippen LogP) is 2.11. The zero-order chi connectivity index (χ0) is 21.4. The van der Waals surface area contributed by atoms with Crippen LogP contribution < -0.4 is 0 Å². The number of epoxide rings is 1. The van der Waals surface area contributed by atoms with Crippen molar-refractivity contribution in [1.29, 1.82) is 0 Å². The van der Waals surface area contributed by atoms with Gasteiger partial charge in [0.15, 0.2) is 12.3 Å². The van der Waals surface area contributed by atoms with E-state index in [0.717, 1.165) is 38.0 Å². The highest BCUT2D eigenvalue weighted by Gasteiger charge is 2.53. The van der Waals surface area contributed by atoms with Crippen molar-refractivity contribution in [2.24, 2.45) is 0 Å². The van der Waals surface area contributed by atoms with Gasteiger partial charge in [-0.25, -0.2) is 4.39 Å². The zero-order valence-electron chi connectivity index (χ0n) is 16.5. The van der Waals surface area contributed by atoms with Crippen LogP contribution in [0.5, 0.6) is 0 Å². The fourth-order valence-electron chi connectivity index (χ4n) is 4.23. The summed E-state index contributed by atoms with van der Waals surface area (Å²) in [6.07, 6.45) is -6.87. The normalized spacial score (nSPS) is 28.6. The summed E-state index contributed by atoms with van der Waals surface area (Å²) in [6.45, 7) is 3.01. The maximum Gasteiger partial charge on any atom is 0.417 e. The first-order valence-corrected chi connectivity index (χ1v) is 10.1. The second kappa shape index (κ2) is 8.68. The molecule has 168 valence electrons. The molecule has 3 saturated heterocycles. The van der Waals surface area contributed by atoms with E-state index in [1.807, 2.05) is 4.90 Å². The number of nitrogens with zero attached hydrogens (tertiary/aromatic N) is 2. The van der Waals surface area contributed by atoms with Crippen molar-refractivity contribution in [1.82, 2.24) is 9.80 Å². The lowest BCUT2D eigenvalue weighted by atomic mass is 9.89. The van der Waals surface area contributed by atoms with Crippen LogP contribution in [0.3, 0.4) is 0 Å². The van der Waals surface area contributed by atoms with Gasteiger partial charge in [0.2, 0.25) is 6.29 Å². The molecule has 3 aliphatic rings. The number of likely N-dealkylation sites (tertiary alicyclic amines) is 1. The van der Waals surface area contributed by atoms with Gasteiger partial charge in [0, 0.05) is 32.7 Å². The Hall–Kier alpha value is -1.30. The highest BCUT2D eigenvalue weighted by atomic mass is 19.4. The summed E-state index contributed by atoms with van der Waals surface area (Å²) >= 11 is 0. The molecule has 3 fully saturated rings. The van der Waals surface area contributed by atoms with E-state index in [9.17, 15) is 17.6 Å². The molecule has 1 spiro atoms. The molecule has 0 amide bonds. The molecule has 1 aromatic carbocycles. The van der Waals surface area contributed by atoms with Gasteiger partial charge in [-0.15, -0.1) is 0 Å². The largest absolute Gasteiger partial charge is 0.417 e. The van der Waals surface area contributed by atoms with E-state index >= 15 is 0 Å². The van der Waals surface area contributed by atoms with Crippen LogP contribution in [0.25, 0.3) is 0 Å². The second-order valence-electron chi connectivity index (χ2n) is 8.15. The van der Waals surface area contributed by atoms with Crippen molar-refractivity contribution in [3.63, 3.8) is 0 Å². The van der Waals surface area contributed by atoms with E-state index < -0.39 is 31.4 Å². The third-order valence-electron chi connectivity index (χ3n) is 5.98. The molecule has 3 aliphatic heterocycles. The lowest BCUT2D eigenvalue weighted by molar-refractivity contribution is -0.240. The summed E-state index contributed by atoms with van der Waals surface area (Å²) in [5.41, 5.74) is 0.750. The molecule has 3 heterocycles. The molecule has 4 rings (SSSR count). The second-order valence-corrected chi connectivity index (χ2v) is 8.15. The Kier molecular flexibility index (Phi) is 6.34. The molecule has 0 saturated carbocycles. The number of benzene rings is 1. The average Bonchev–Trinajstić information content (AvgIpc) is 3.47. The average molecular weight is 434 g/mol. The molecule has 1 N–H and O–H groups in total. The van der Waals surface area contributed by atoms with Gasteiger partial charge in [-0.2, -0.15) is 13.2 Å². The van der Waals surface area contributed by atoms with E-state index in [0.29, 0.717) is 19.7 Å². The maximum absolute atomic E-state index is 13.1. The minimum atomic E-state index is -4.62. The molecular formula is C20H26F4N2O4. The third kappa shape index (κ3) is 5.12. The minimum absolute atomic E-state index is 0.255. The highest BCUT2D eigenvalue weighted by Crippen LogP contribution is 2.37. The van der Waals surface area contributed by atoms with Gasteiger partial charge >= 0.3 is 6.18 Å². The van der Waals surface area contributed by atoms with Gasteiger partial charge in [-0.3, -0.25) is 9.80 Å². The number of aliphatic hydroxyl groups is 1. The number of morpholine rings is 1. The monoisotopic (exact) mass is 434 g/mol. The van der Waals surface area contributed by atoms with E-state index in [1.165, 1.54) is 12.1 Å². The minimum Gasteiger partial charge on any atom is -0.393 e. The SMILES string of the molecule is OC[C@@H](OC1OC1N1CCC2(CC1)CN(Cc1ccc(F)cc1)CCO2)C(F)(F)F. The standard InChI is InChI=1S/C20H26F4N2O4/c21-15-3-1-14(2-4-15)11-25-9-10-28-19(13-25)5-7-26(8-6-19)17-18(30-17)29-16(12-27)20(22,23)24/h1-4,16-18,27H,5-13H2/t16-,17?,18?/m1/s1. The van der Waals surface area contributed by atoms with Gasteiger partial charge < -0.3 is 19.3 Å². The Bertz CT molecular complexity index is 710. The van der Waals surface area contributed by atoms with Gasteiger partial charge in [0.05, 0.1) is 18.8 Å². The Labute approximate surface area is 172 Å². The van der Waals surface area contributed by atoms with E-state index in [-0.39, 0.29) is 11.4 Å². The first-order chi connectivity index (χ1) is 14.3. The lowest BCUT2D eigenvalue weighted by Crippen LogP contribution is -2.57. The summed E-state index contributed by atoms with van der Waals surface area (Å²) < 4.78 is 67.6. The smallest absolute Gasteiger partial charge is 0.393 e. The fraction of sp³-hybridized carbons (Fsp3) is 0.700. The van der Waals surface area contributed by atoms with Crippen LogP contribution in [0.2, 0.25) is 0 Å². The van der Waals surface area contributed by atoms with Crippen LogP contribution in [0, 0.1) is 5.82 Å². The molecule has 10 heteroatoms. The maximum atomic E-state index is 13.1. The predicted molar refractivity (Wildman–Crippen MR) is 97.8 cm³/mol. The van der Waals surface area contributed by atoms with Gasteiger partial charge in [0.1, 0.15) is 5.82 Å². The summed E-state index contributed by atoms with van der Waals surface area (Å²) in [4.78, 5) is 4.25. The van der Waals surface area contributed by atoms with Crippen molar-refractivity contribution in [3.05, 3.63) is 35.6 Å². The van der Waals surface area contributed by atoms with Crippen LogP contribution in [0.4, 0.5) is 17.6 Å². The summed E-state index contributed by atoms with van der Waals surface area (Å²) in [6, 6.07) is 6.48. The number of alkyl halides is 3. The number of piperidine rings is 1. The Morgan fingerprint density at radius 1 is 1.17 bits per heavy atom. The molecule has 0 radical (unpaired) electrons. The summed E-state index contributed by atoms with van der Waals surface area (Å²) in [7, 11) is 0. The van der Waals surface area contributed by atoms with Crippen molar-refractivity contribution in [3.8, 4) is 0 Å². The van der Waals surface area contributed by atoms with Crippen molar-refractivity contribution >= 4 is 0 Å². The molecule has 2 unspecified atom stereocenters. The Morgan fingerprint density at radius 2 is 1.87 bits per heavy atom. The molecule has 1 aromatic rings. The third-order valence-corrected chi connectivity index (χ3v) is 5.98. The molecule has 0 aromatic heterocycles. The Balaban J connectivity index is 1.26. The number of rotatable bonds is 6.